The zero-order valence-electron chi connectivity index (χ0n) is 18.2. The molecule has 0 atom stereocenters. The van der Waals surface area contributed by atoms with Crippen LogP contribution in [-0.2, 0) is 6.54 Å². The Bertz CT molecular complexity index is 1240. The molecule has 0 aromatic heterocycles. The SMILES string of the molecule is Cl.c1ccc2c(c1)CN(c1ccc(C3=NCCN3)cc1)C2=Nc1ccc(C2=NCCN2)cc1. The topological polar surface area (TPSA) is 64.4 Å². The first-order chi connectivity index (χ1) is 15.8. The summed E-state index contributed by atoms with van der Waals surface area (Å²) < 4.78 is 0. The number of hydrogen-bond donors (Lipinski definition) is 2. The van der Waals surface area contributed by atoms with Gasteiger partial charge in [-0.2, -0.15) is 0 Å². The number of nitrogens with zero attached hydrogens (tertiary/aromatic N) is 4. The van der Waals surface area contributed by atoms with Gasteiger partial charge < -0.3 is 15.5 Å². The average Bonchev–Trinajstić information content (AvgIpc) is 3.62. The number of benzene rings is 3. The quantitative estimate of drug-likeness (QED) is 0.625. The molecule has 0 fully saturated rings. The van der Waals surface area contributed by atoms with Crippen LogP contribution in [0.4, 0.5) is 11.4 Å². The van der Waals surface area contributed by atoms with Crippen LogP contribution < -0.4 is 15.5 Å². The molecule has 6 rings (SSSR count). The molecule has 166 valence electrons. The molecule has 3 aromatic rings. The van der Waals surface area contributed by atoms with Crippen molar-refractivity contribution in [3.8, 4) is 0 Å². The highest BCUT2D eigenvalue weighted by atomic mass is 35.5. The van der Waals surface area contributed by atoms with Crippen LogP contribution in [0.2, 0.25) is 0 Å². The second-order valence-electron chi connectivity index (χ2n) is 8.09. The lowest BCUT2D eigenvalue weighted by atomic mass is 10.1. The van der Waals surface area contributed by atoms with Crippen LogP contribution in [0.3, 0.4) is 0 Å². The highest BCUT2D eigenvalue weighted by Crippen LogP contribution is 2.31. The Labute approximate surface area is 199 Å². The third-order valence-corrected chi connectivity index (χ3v) is 6.02. The smallest absolute Gasteiger partial charge is 0.141 e. The number of nitrogens with one attached hydrogen (secondary N) is 2. The maximum absolute atomic E-state index is 5.07. The first kappa shape index (κ1) is 21.2. The molecule has 3 aliphatic heterocycles. The van der Waals surface area contributed by atoms with Crippen molar-refractivity contribution in [2.75, 3.05) is 31.1 Å². The predicted molar refractivity (Wildman–Crippen MR) is 138 cm³/mol. The monoisotopic (exact) mass is 456 g/mol. The number of anilines is 1. The number of aliphatic imine (C=N–C) groups is 3. The number of halogens is 1. The van der Waals surface area contributed by atoms with E-state index in [1.807, 2.05) is 0 Å². The Morgan fingerprint density at radius 3 is 1.94 bits per heavy atom. The van der Waals surface area contributed by atoms with Gasteiger partial charge in [0.1, 0.15) is 17.5 Å². The summed E-state index contributed by atoms with van der Waals surface area (Å²) in [4.78, 5) is 16.4. The molecule has 33 heavy (non-hydrogen) atoms. The van der Waals surface area contributed by atoms with Crippen LogP contribution in [-0.4, -0.2) is 43.7 Å². The minimum absolute atomic E-state index is 0. The summed E-state index contributed by atoms with van der Waals surface area (Å²) in [6, 6.07) is 25.4. The van der Waals surface area contributed by atoms with Crippen molar-refractivity contribution >= 4 is 41.3 Å². The molecule has 2 N–H and O–H groups in total. The van der Waals surface area contributed by atoms with Crippen LogP contribution in [0.15, 0.2) is 87.8 Å². The molecular weight excluding hydrogens is 432 g/mol. The summed E-state index contributed by atoms with van der Waals surface area (Å²) in [6.45, 7) is 4.32. The van der Waals surface area contributed by atoms with Crippen molar-refractivity contribution in [2.45, 2.75) is 6.54 Å². The van der Waals surface area contributed by atoms with Crippen LogP contribution in [0.5, 0.6) is 0 Å². The normalized spacial score (nSPS) is 17.7. The Morgan fingerprint density at radius 2 is 1.33 bits per heavy atom. The lowest BCUT2D eigenvalue weighted by Gasteiger charge is -2.20. The summed E-state index contributed by atoms with van der Waals surface area (Å²) in [5.74, 6) is 2.93. The molecule has 0 unspecified atom stereocenters. The van der Waals surface area contributed by atoms with E-state index < -0.39 is 0 Å². The van der Waals surface area contributed by atoms with Crippen molar-refractivity contribution in [3.63, 3.8) is 0 Å². The Hall–Kier alpha value is -3.64. The molecule has 0 radical (unpaired) electrons. The molecule has 0 aliphatic carbocycles. The van der Waals surface area contributed by atoms with Gasteiger partial charge in [0.2, 0.25) is 0 Å². The molecule has 0 amide bonds. The molecule has 0 bridgehead atoms. The van der Waals surface area contributed by atoms with Crippen LogP contribution >= 0.6 is 12.4 Å². The Kier molecular flexibility index (Phi) is 5.84. The van der Waals surface area contributed by atoms with E-state index in [1.54, 1.807) is 0 Å². The number of fused-ring (bicyclic) bond motifs is 1. The highest BCUT2D eigenvalue weighted by Gasteiger charge is 2.26. The number of hydrogen-bond acceptors (Lipinski definition) is 5. The van der Waals surface area contributed by atoms with Crippen molar-refractivity contribution in [1.82, 2.24) is 10.6 Å². The first-order valence-corrected chi connectivity index (χ1v) is 11.1. The molecule has 3 aromatic carbocycles. The predicted octanol–water partition coefficient (Wildman–Crippen LogP) is 3.91. The number of rotatable bonds is 4. The lowest BCUT2D eigenvalue weighted by molar-refractivity contribution is 0.960. The van der Waals surface area contributed by atoms with Crippen molar-refractivity contribution in [3.05, 3.63) is 95.1 Å². The van der Waals surface area contributed by atoms with E-state index >= 15 is 0 Å². The fraction of sp³-hybridized carbons (Fsp3) is 0.192. The lowest BCUT2D eigenvalue weighted by Crippen LogP contribution is -2.24. The van der Waals surface area contributed by atoms with E-state index in [2.05, 4.69) is 98.3 Å². The molecule has 3 heterocycles. The van der Waals surface area contributed by atoms with Crippen molar-refractivity contribution in [1.29, 1.82) is 0 Å². The average molecular weight is 457 g/mol. The highest BCUT2D eigenvalue weighted by molar-refractivity contribution is 6.14. The second-order valence-corrected chi connectivity index (χ2v) is 8.09. The first-order valence-electron chi connectivity index (χ1n) is 11.1. The van der Waals surface area contributed by atoms with Gasteiger partial charge in [-0.05, 0) is 54.1 Å². The van der Waals surface area contributed by atoms with Gasteiger partial charge in [0.15, 0.2) is 0 Å². The van der Waals surface area contributed by atoms with E-state index in [4.69, 9.17) is 4.99 Å². The van der Waals surface area contributed by atoms with Gasteiger partial charge in [-0.1, -0.05) is 24.3 Å². The summed E-state index contributed by atoms with van der Waals surface area (Å²) in [6.07, 6.45) is 0. The summed E-state index contributed by atoms with van der Waals surface area (Å²) in [5.41, 5.74) is 6.77. The van der Waals surface area contributed by atoms with Crippen LogP contribution in [0.25, 0.3) is 0 Å². The van der Waals surface area contributed by atoms with E-state index in [0.29, 0.717) is 0 Å². The van der Waals surface area contributed by atoms with Gasteiger partial charge in [-0.3, -0.25) is 9.98 Å². The maximum Gasteiger partial charge on any atom is 0.141 e. The minimum atomic E-state index is 0. The Morgan fingerprint density at radius 1 is 0.727 bits per heavy atom. The minimum Gasteiger partial charge on any atom is -0.368 e. The fourth-order valence-corrected chi connectivity index (χ4v) is 4.40. The van der Waals surface area contributed by atoms with Gasteiger partial charge in [-0.15, -0.1) is 12.4 Å². The summed E-state index contributed by atoms with van der Waals surface area (Å²) in [5, 5.41) is 6.67. The molecule has 3 aliphatic rings. The van der Waals surface area contributed by atoms with Crippen LogP contribution in [0.1, 0.15) is 22.3 Å². The van der Waals surface area contributed by atoms with Crippen molar-refractivity contribution in [2.24, 2.45) is 15.0 Å². The second kappa shape index (κ2) is 9.08. The molecule has 6 nitrogen and oxygen atoms in total. The third-order valence-electron chi connectivity index (χ3n) is 6.02. The van der Waals surface area contributed by atoms with Gasteiger partial charge in [0, 0.05) is 35.5 Å². The molecular formula is C26H25ClN6. The zero-order valence-corrected chi connectivity index (χ0v) is 19.0. The van der Waals surface area contributed by atoms with E-state index in [0.717, 1.165) is 72.7 Å². The summed E-state index contributed by atoms with van der Waals surface area (Å²) in [7, 11) is 0. The third kappa shape index (κ3) is 4.10. The van der Waals surface area contributed by atoms with Crippen molar-refractivity contribution < 1.29 is 0 Å². The van der Waals surface area contributed by atoms with E-state index in [9.17, 15) is 0 Å². The number of amidine groups is 3. The Balaban J connectivity index is 0.00000228. The summed E-state index contributed by atoms with van der Waals surface area (Å²) >= 11 is 0. The van der Waals surface area contributed by atoms with Crippen LogP contribution in [0, 0.1) is 0 Å². The van der Waals surface area contributed by atoms with E-state index in [1.165, 1.54) is 11.1 Å². The molecule has 7 heteroatoms. The standard InChI is InChI=1S/C26H24N6.ClH/c1-2-4-23-20(3-1)17-32(22-11-7-19(8-12-22)25-29-15-16-30-25)26(23)31-21-9-5-18(6-10-21)24-27-13-14-28-24;/h1-12H,13-17H2,(H,27,28)(H,29,30);1H. The van der Waals surface area contributed by atoms with Gasteiger partial charge in [0.25, 0.3) is 0 Å². The molecule has 0 spiro atoms. The van der Waals surface area contributed by atoms with Gasteiger partial charge in [-0.25, -0.2) is 4.99 Å². The largest absolute Gasteiger partial charge is 0.368 e. The molecule has 0 saturated heterocycles. The van der Waals surface area contributed by atoms with Gasteiger partial charge in [0.05, 0.1) is 25.3 Å². The fourth-order valence-electron chi connectivity index (χ4n) is 4.40. The maximum atomic E-state index is 5.07. The van der Waals surface area contributed by atoms with Gasteiger partial charge >= 0.3 is 0 Å². The zero-order chi connectivity index (χ0) is 21.3. The van der Waals surface area contributed by atoms with E-state index in [-0.39, 0.29) is 12.4 Å². The molecule has 0 saturated carbocycles.